The summed E-state index contributed by atoms with van der Waals surface area (Å²) in [5, 5.41) is 14.6. The van der Waals surface area contributed by atoms with Crippen LogP contribution >= 0.6 is 15.9 Å². The lowest BCUT2D eigenvalue weighted by atomic mass is 10.1. The Kier molecular flexibility index (Phi) is 3.36. The Morgan fingerprint density at radius 1 is 1.00 bits per heavy atom. The Balaban J connectivity index is 2.12. The maximum atomic E-state index is 9.13. The molecule has 96 valence electrons. The number of nitrogens with one attached hydrogen (secondary N) is 1. The van der Waals surface area contributed by atoms with Crippen molar-refractivity contribution in [1.29, 1.82) is 5.26 Å². The Labute approximate surface area is 125 Å². The number of anilines is 2. The first-order valence-corrected chi connectivity index (χ1v) is 6.87. The second-order valence-electron chi connectivity index (χ2n) is 4.30. The van der Waals surface area contributed by atoms with Crippen molar-refractivity contribution in [2.45, 2.75) is 0 Å². The zero-order valence-corrected chi connectivity index (χ0v) is 12.1. The summed E-state index contributed by atoms with van der Waals surface area (Å²) >= 11 is 3.55. The minimum absolute atomic E-state index is 0.576. The van der Waals surface area contributed by atoms with Gasteiger partial charge in [0, 0.05) is 21.7 Å². The van der Waals surface area contributed by atoms with E-state index in [1.807, 2.05) is 30.3 Å². The molecule has 0 amide bonds. The second kappa shape index (κ2) is 5.32. The lowest BCUT2D eigenvalue weighted by Gasteiger charge is -2.11. The Bertz CT molecular complexity index is 821. The molecule has 1 aromatic heterocycles. The van der Waals surface area contributed by atoms with E-state index in [0.29, 0.717) is 11.3 Å². The van der Waals surface area contributed by atoms with Gasteiger partial charge in [0.25, 0.3) is 0 Å². The molecule has 0 saturated heterocycles. The van der Waals surface area contributed by atoms with Crippen molar-refractivity contribution in [3.63, 3.8) is 0 Å². The average Bonchev–Trinajstić information content (AvgIpc) is 2.51. The number of aromatic nitrogens is 1. The first-order chi connectivity index (χ1) is 9.79. The predicted molar refractivity (Wildman–Crippen MR) is 83.9 cm³/mol. The third kappa shape index (κ3) is 2.24. The molecule has 20 heavy (non-hydrogen) atoms. The van der Waals surface area contributed by atoms with Gasteiger partial charge in [0.15, 0.2) is 0 Å². The van der Waals surface area contributed by atoms with Crippen LogP contribution in [0.1, 0.15) is 5.56 Å². The molecule has 0 bridgehead atoms. The van der Waals surface area contributed by atoms with Crippen LogP contribution in [0.15, 0.2) is 59.3 Å². The molecule has 4 heteroatoms. The summed E-state index contributed by atoms with van der Waals surface area (Å²) in [6, 6.07) is 15.9. The summed E-state index contributed by atoms with van der Waals surface area (Å²) in [7, 11) is 0. The van der Waals surface area contributed by atoms with Crippen LogP contribution in [0.25, 0.3) is 10.8 Å². The smallest absolute Gasteiger partial charge is 0.101 e. The summed E-state index contributed by atoms with van der Waals surface area (Å²) in [5.74, 6) is 0. The van der Waals surface area contributed by atoms with Gasteiger partial charge in [-0.2, -0.15) is 5.26 Å². The fourth-order valence-corrected chi connectivity index (χ4v) is 2.59. The van der Waals surface area contributed by atoms with Gasteiger partial charge in [-0.25, -0.2) is 0 Å². The number of rotatable bonds is 2. The molecule has 0 aliphatic rings. The number of pyridine rings is 1. The van der Waals surface area contributed by atoms with E-state index in [2.05, 4.69) is 38.4 Å². The van der Waals surface area contributed by atoms with Gasteiger partial charge in [-0.05, 0) is 23.6 Å². The number of nitriles is 1. The summed E-state index contributed by atoms with van der Waals surface area (Å²) < 4.78 is 1.05. The summed E-state index contributed by atoms with van der Waals surface area (Å²) in [4.78, 5) is 4.06. The number of hydrogen-bond donors (Lipinski definition) is 1. The summed E-state index contributed by atoms with van der Waals surface area (Å²) in [6.07, 6.45) is 3.28. The predicted octanol–water partition coefficient (Wildman–Crippen LogP) is 4.61. The molecule has 0 spiro atoms. The van der Waals surface area contributed by atoms with Crippen molar-refractivity contribution in [3.8, 4) is 6.07 Å². The van der Waals surface area contributed by atoms with Crippen molar-refractivity contribution in [2.75, 3.05) is 5.32 Å². The molecule has 1 N–H and O–H groups in total. The molecule has 0 radical (unpaired) electrons. The fraction of sp³-hybridized carbons (Fsp3) is 0. The molecule has 1 heterocycles. The van der Waals surface area contributed by atoms with Gasteiger partial charge in [-0.15, -0.1) is 0 Å². The summed E-state index contributed by atoms with van der Waals surface area (Å²) in [6.45, 7) is 0. The van der Waals surface area contributed by atoms with Crippen molar-refractivity contribution in [1.82, 2.24) is 4.98 Å². The molecule has 2 aromatic carbocycles. The first-order valence-electron chi connectivity index (χ1n) is 6.08. The van der Waals surface area contributed by atoms with Crippen LogP contribution in [-0.4, -0.2) is 4.98 Å². The van der Waals surface area contributed by atoms with E-state index in [4.69, 9.17) is 5.26 Å². The largest absolute Gasteiger partial charge is 0.353 e. The van der Waals surface area contributed by atoms with Crippen molar-refractivity contribution >= 4 is 38.1 Å². The van der Waals surface area contributed by atoms with Gasteiger partial charge in [0.1, 0.15) is 6.07 Å². The fourth-order valence-electron chi connectivity index (χ4n) is 2.11. The van der Waals surface area contributed by atoms with Crippen LogP contribution in [0.2, 0.25) is 0 Å². The molecule has 0 atom stereocenters. The van der Waals surface area contributed by atoms with Gasteiger partial charge >= 0.3 is 0 Å². The Morgan fingerprint density at radius 3 is 2.60 bits per heavy atom. The van der Waals surface area contributed by atoms with E-state index < -0.39 is 0 Å². The molecule has 3 nitrogen and oxygen atoms in total. The average molecular weight is 324 g/mol. The number of halogens is 1. The molecule has 0 unspecified atom stereocenters. The lowest BCUT2D eigenvalue weighted by molar-refractivity contribution is 1.30. The van der Waals surface area contributed by atoms with E-state index in [1.54, 1.807) is 18.5 Å². The number of benzene rings is 2. The molecule has 3 rings (SSSR count). The van der Waals surface area contributed by atoms with Crippen LogP contribution in [0, 0.1) is 11.3 Å². The van der Waals surface area contributed by atoms with E-state index >= 15 is 0 Å². The highest BCUT2D eigenvalue weighted by Gasteiger charge is 2.06. The van der Waals surface area contributed by atoms with E-state index in [-0.39, 0.29) is 0 Å². The highest BCUT2D eigenvalue weighted by molar-refractivity contribution is 9.10. The number of fused-ring (bicyclic) bond motifs is 1. The minimum Gasteiger partial charge on any atom is -0.353 e. The normalized spacial score (nSPS) is 10.2. The lowest BCUT2D eigenvalue weighted by Crippen LogP contribution is -1.95. The van der Waals surface area contributed by atoms with Crippen LogP contribution in [0.4, 0.5) is 11.4 Å². The van der Waals surface area contributed by atoms with Crippen molar-refractivity contribution in [3.05, 3.63) is 64.9 Å². The third-order valence-corrected chi connectivity index (χ3v) is 3.77. The standard InChI is InChI=1S/C16H10BrN3/c17-14-5-6-15(13-4-2-1-3-12(13)14)20-16-10-19-8-7-11(16)9-18/h1-8,10,20H. The second-order valence-corrected chi connectivity index (χ2v) is 5.15. The molecule has 0 aliphatic heterocycles. The van der Waals surface area contributed by atoms with Gasteiger partial charge < -0.3 is 5.32 Å². The van der Waals surface area contributed by atoms with Crippen LogP contribution in [-0.2, 0) is 0 Å². The van der Waals surface area contributed by atoms with E-state index in [0.717, 1.165) is 20.9 Å². The van der Waals surface area contributed by atoms with Crippen LogP contribution in [0.3, 0.4) is 0 Å². The van der Waals surface area contributed by atoms with Crippen LogP contribution in [0.5, 0.6) is 0 Å². The molecule has 3 aromatic rings. The topological polar surface area (TPSA) is 48.7 Å². The maximum Gasteiger partial charge on any atom is 0.101 e. The SMILES string of the molecule is N#Cc1ccncc1Nc1ccc(Br)c2ccccc12. The van der Waals surface area contributed by atoms with Gasteiger partial charge in [0.05, 0.1) is 17.4 Å². The van der Waals surface area contributed by atoms with Gasteiger partial charge in [0.2, 0.25) is 0 Å². The highest BCUT2D eigenvalue weighted by atomic mass is 79.9. The highest BCUT2D eigenvalue weighted by Crippen LogP contribution is 2.32. The van der Waals surface area contributed by atoms with Gasteiger partial charge in [-0.1, -0.05) is 40.2 Å². The monoisotopic (exact) mass is 323 g/mol. The summed E-state index contributed by atoms with van der Waals surface area (Å²) in [5.41, 5.74) is 2.24. The van der Waals surface area contributed by atoms with Crippen LogP contribution < -0.4 is 5.32 Å². The zero-order valence-electron chi connectivity index (χ0n) is 10.5. The molecular weight excluding hydrogens is 314 g/mol. The first kappa shape index (κ1) is 12.6. The Hall–Kier alpha value is -2.38. The van der Waals surface area contributed by atoms with Crippen molar-refractivity contribution < 1.29 is 0 Å². The quantitative estimate of drug-likeness (QED) is 0.749. The number of hydrogen-bond acceptors (Lipinski definition) is 3. The van der Waals surface area contributed by atoms with Gasteiger partial charge in [-0.3, -0.25) is 4.98 Å². The maximum absolute atomic E-state index is 9.13. The molecule has 0 aliphatic carbocycles. The third-order valence-electron chi connectivity index (χ3n) is 3.08. The number of nitrogens with zero attached hydrogens (tertiary/aromatic N) is 2. The molecule has 0 fully saturated rings. The van der Waals surface area contributed by atoms with E-state index in [1.165, 1.54) is 0 Å². The van der Waals surface area contributed by atoms with Crippen molar-refractivity contribution in [2.24, 2.45) is 0 Å². The Morgan fingerprint density at radius 2 is 1.80 bits per heavy atom. The molecule has 0 saturated carbocycles. The minimum atomic E-state index is 0.576. The zero-order chi connectivity index (χ0) is 13.9. The molecular formula is C16H10BrN3. The van der Waals surface area contributed by atoms with E-state index in [9.17, 15) is 0 Å².